The molecule has 5 heteroatoms. The fourth-order valence-corrected chi connectivity index (χ4v) is 3.40. The van der Waals surface area contributed by atoms with Gasteiger partial charge in [0.15, 0.2) is 5.96 Å². The Morgan fingerprint density at radius 3 is 2.59 bits per heavy atom. The number of nitrogens with one attached hydrogen (secondary N) is 1. The van der Waals surface area contributed by atoms with E-state index in [4.69, 9.17) is 4.74 Å². The monoisotopic (exact) mass is 366 g/mol. The van der Waals surface area contributed by atoms with Gasteiger partial charge in [-0.25, -0.2) is 0 Å². The first kappa shape index (κ1) is 19.2. The van der Waals surface area contributed by atoms with Gasteiger partial charge in [-0.1, -0.05) is 36.4 Å². The van der Waals surface area contributed by atoms with Gasteiger partial charge in [-0.2, -0.15) is 0 Å². The molecule has 0 saturated carbocycles. The predicted octanol–water partition coefficient (Wildman–Crippen LogP) is 3.21. The first-order valence-corrected chi connectivity index (χ1v) is 9.47. The number of rotatable bonds is 4. The van der Waals surface area contributed by atoms with Gasteiger partial charge >= 0.3 is 0 Å². The maximum Gasteiger partial charge on any atom is 0.194 e. The SMILES string of the molecule is CN=C(NCc1ccc(N(C)C)cc1)N1CCOC(c2ccccc2C)C1. The third-order valence-electron chi connectivity index (χ3n) is 5.02. The van der Waals surface area contributed by atoms with Crippen LogP contribution in [0.3, 0.4) is 0 Å². The fourth-order valence-electron chi connectivity index (χ4n) is 3.40. The van der Waals surface area contributed by atoms with E-state index in [-0.39, 0.29) is 6.10 Å². The summed E-state index contributed by atoms with van der Waals surface area (Å²) in [5.41, 5.74) is 4.98. The molecule has 1 saturated heterocycles. The molecule has 1 fully saturated rings. The Balaban J connectivity index is 1.62. The van der Waals surface area contributed by atoms with Crippen molar-refractivity contribution in [3.05, 3.63) is 65.2 Å². The number of aliphatic imine (C=N–C) groups is 1. The van der Waals surface area contributed by atoms with Crippen molar-refractivity contribution in [1.82, 2.24) is 10.2 Å². The Morgan fingerprint density at radius 1 is 1.19 bits per heavy atom. The molecule has 1 unspecified atom stereocenters. The van der Waals surface area contributed by atoms with Gasteiger partial charge in [0.25, 0.3) is 0 Å². The van der Waals surface area contributed by atoms with Crippen LogP contribution in [0.4, 0.5) is 5.69 Å². The van der Waals surface area contributed by atoms with Crippen molar-refractivity contribution in [2.24, 2.45) is 4.99 Å². The summed E-state index contributed by atoms with van der Waals surface area (Å²) >= 11 is 0. The highest BCUT2D eigenvalue weighted by atomic mass is 16.5. The molecule has 1 N–H and O–H groups in total. The van der Waals surface area contributed by atoms with Gasteiger partial charge in [0.2, 0.25) is 0 Å². The van der Waals surface area contributed by atoms with Crippen molar-refractivity contribution in [3.8, 4) is 0 Å². The van der Waals surface area contributed by atoms with Gasteiger partial charge in [-0.15, -0.1) is 0 Å². The number of ether oxygens (including phenoxy) is 1. The molecule has 27 heavy (non-hydrogen) atoms. The second kappa shape index (κ2) is 8.91. The van der Waals surface area contributed by atoms with Gasteiger partial charge in [-0.05, 0) is 35.7 Å². The highest BCUT2D eigenvalue weighted by molar-refractivity contribution is 5.80. The highest BCUT2D eigenvalue weighted by Crippen LogP contribution is 2.25. The number of morpholine rings is 1. The molecule has 0 aliphatic carbocycles. The van der Waals surface area contributed by atoms with E-state index in [0.29, 0.717) is 6.61 Å². The molecule has 0 bridgehead atoms. The van der Waals surface area contributed by atoms with E-state index in [2.05, 4.69) is 89.7 Å². The lowest BCUT2D eigenvalue weighted by molar-refractivity contribution is -0.00833. The normalized spacial score (nSPS) is 17.7. The molecule has 1 aliphatic rings. The number of hydrogen-bond donors (Lipinski definition) is 1. The predicted molar refractivity (Wildman–Crippen MR) is 112 cm³/mol. The number of benzene rings is 2. The second-order valence-corrected chi connectivity index (χ2v) is 7.12. The van der Waals surface area contributed by atoms with E-state index in [9.17, 15) is 0 Å². The Labute approximate surface area is 162 Å². The highest BCUT2D eigenvalue weighted by Gasteiger charge is 2.25. The minimum Gasteiger partial charge on any atom is -0.378 e. The topological polar surface area (TPSA) is 40.1 Å². The zero-order chi connectivity index (χ0) is 19.2. The first-order chi connectivity index (χ1) is 13.1. The van der Waals surface area contributed by atoms with Gasteiger partial charge in [0.05, 0.1) is 13.2 Å². The summed E-state index contributed by atoms with van der Waals surface area (Å²) in [4.78, 5) is 8.88. The van der Waals surface area contributed by atoms with Crippen LogP contribution >= 0.6 is 0 Å². The minimum absolute atomic E-state index is 0.0814. The molecule has 0 aromatic heterocycles. The van der Waals surface area contributed by atoms with Crippen LogP contribution in [-0.2, 0) is 11.3 Å². The summed E-state index contributed by atoms with van der Waals surface area (Å²) in [5.74, 6) is 0.925. The summed E-state index contributed by atoms with van der Waals surface area (Å²) < 4.78 is 6.04. The van der Waals surface area contributed by atoms with E-state index in [1.54, 1.807) is 0 Å². The molecule has 5 nitrogen and oxygen atoms in total. The van der Waals surface area contributed by atoms with Crippen molar-refractivity contribution >= 4 is 11.6 Å². The van der Waals surface area contributed by atoms with Crippen LogP contribution in [0.2, 0.25) is 0 Å². The largest absolute Gasteiger partial charge is 0.378 e. The Bertz CT molecular complexity index is 770. The van der Waals surface area contributed by atoms with Crippen LogP contribution in [-0.4, -0.2) is 51.7 Å². The minimum atomic E-state index is 0.0814. The fraction of sp³-hybridized carbons (Fsp3) is 0.409. The Hall–Kier alpha value is -2.53. The standard InChI is InChI=1S/C22H30N4O/c1-17-7-5-6-8-20(17)21-16-26(13-14-27-21)22(23-2)24-15-18-9-11-19(12-10-18)25(3)4/h5-12,21H,13-16H2,1-4H3,(H,23,24). The van der Waals surface area contributed by atoms with Crippen LogP contribution < -0.4 is 10.2 Å². The van der Waals surface area contributed by atoms with E-state index < -0.39 is 0 Å². The molecular formula is C22H30N4O. The molecular weight excluding hydrogens is 336 g/mol. The Morgan fingerprint density at radius 2 is 1.93 bits per heavy atom. The maximum absolute atomic E-state index is 6.04. The van der Waals surface area contributed by atoms with E-state index >= 15 is 0 Å². The molecule has 2 aromatic rings. The smallest absolute Gasteiger partial charge is 0.194 e. The van der Waals surface area contributed by atoms with Crippen molar-refractivity contribution in [2.45, 2.75) is 19.6 Å². The summed E-state index contributed by atoms with van der Waals surface area (Å²) in [7, 11) is 5.95. The van der Waals surface area contributed by atoms with Crippen molar-refractivity contribution in [3.63, 3.8) is 0 Å². The van der Waals surface area contributed by atoms with Gasteiger partial charge in [0, 0.05) is 39.9 Å². The van der Waals surface area contributed by atoms with Gasteiger partial charge in [-0.3, -0.25) is 4.99 Å². The Kier molecular flexibility index (Phi) is 6.35. The van der Waals surface area contributed by atoms with Crippen LogP contribution in [0.5, 0.6) is 0 Å². The first-order valence-electron chi connectivity index (χ1n) is 9.47. The van der Waals surface area contributed by atoms with E-state index in [1.165, 1.54) is 22.4 Å². The van der Waals surface area contributed by atoms with Gasteiger partial charge < -0.3 is 19.9 Å². The lowest BCUT2D eigenvalue weighted by Crippen LogP contribution is -2.48. The number of guanidine groups is 1. The van der Waals surface area contributed by atoms with E-state index in [1.807, 2.05) is 7.05 Å². The zero-order valence-electron chi connectivity index (χ0n) is 16.8. The molecule has 1 atom stereocenters. The molecule has 1 heterocycles. The van der Waals surface area contributed by atoms with E-state index in [0.717, 1.165) is 25.6 Å². The average molecular weight is 367 g/mol. The summed E-state index contributed by atoms with van der Waals surface area (Å²) in [6, 6.07) is 17.0. The summed E-state index contributed by atoms with van der Waals surface area (Å²) in [6.07, 6.45) is 0.0814. The number of anilines is 1. The number of aryl methyl sites for hydroxylation is 1. The van der Waals surface area contributed by atoms with Crippen LogP contribution in [0.25, 0.3) is 0 Å². The second-order valence-electron chi connectivity index (χ2n) is 7.12. The molecule has 0 spiro atoms. The summed E-state index contributed by atoms with van der Waals surface area (Å²) in [5, 5.41) is 3.50. The van der Waals surface area contributed by atoms with Crippen LogP contribution in [0, 0.1) is 6.92 Å². The van der Waals surface area contributed by atoms with Crippen LogP contribution in [0.1, 0.15) is 22.8 Å². The molecule has 1 aliphatic heterocycles. The molecule has 2 aromatic carbocycles. The molecule has 3 rings (SSSR count). The zero-order valence-corrected chi connectivity index (χ0v) is 16.8. The van der Waals surface area contributed by atoms with Crippen molar-refractivity contribution in [2.75, 3.05) is 45.7 Å². The molecule has 144 valence electrons. The van der Waals surface area contributed by atoms with Crippen LogP contribution in [0.15, 0.2) is 53.5 Å². The molecule has 0 amide bonds. The lowest BCUT2D eigenvalue weighted by Gasteiger charge is -2.35. The van der Waals surface area contributed by atoms with Crippen molar-refractivity contribution in [1.29, 1.82) is 0 Å². The summed E-state index contributed by atoms with van der Waals surface area (Å²) in [6.45, 7) is 5.26. The molecule has 0 radical (unpaired) electrons. The third kappa shape index (κ3) is 4.80. The number of hydrogen-bond acceptors (Lipinski definition) is 3. The quantitative estimate of drug-likeness (QED) is 0.666. The van der Waals surface area contributed by atoms with Crippen molar-refractivity contribution < 1.29 is 4.74 Å². The lowest BCUT2D eigenvalue weighted by atomic mass is 10.0. The maximum atomic E-state index is 6.04. The van der Waals surface area contributed by atoms with Gasteiger partial charge in [0.1, 0.15) is 6.10 Å². The average Bonchev–Trinajstić information content (AvgIpc) is 2.69. The number of nitrogens with zero attached hydrogens (tertiary/aromatic N) is 3. The third-order valence-corrected chi connectivity index (χ3v) is 5.02.